The number of rotatable bonds is 2. The average molecular weight is 270 g/mol. The molecule has 1 aromatic carbocycles. The molecule has 2 aromatic rings. The molecule has 1 heterocycles. The maximum absolute atomic E-state index is 12.1. The number of thiophene rings is 1. The fourth-order valence-electron chi connectivity index (χ4n) is 1.56. The van der Waals surface area contributed by atoms with Crippen LogP contribution in [0.4, 0.5) is 5.69 Å². The maximum Gasteiger partial charge on any atom is 0.265 e. The van der Waals surface area contributed by atoms with Crippen LogP contribution in [0.25, 0.3) is 0 Å². The van der Waals surface area contributed by atoms with Gasteiger partial charge in [-0.3, -0.25) is 4.79 Å². The SMILES string of the molecule is Cc1ccccc1NC(=O)c1ccc(C#CCN)s1. The lowest BCUT2D eigenvalue weighted by Crippen LogP contribution is -2.10. The Balaban J connectivity index is 2.12. The Morgan fingerprint density at radius 1 is 1.32 bits per heavy atom. The van der Waals surface area contributed by atoms with Gasteiger partial charge in [-0.15, -0.1) is 11.3 Å². The molecule has 0 saturated heterocycles. The minimum atomic E-state index is -0.111. The molecule has 0 aliphatic carbocycles. The molecule has 0 atom stereocenters. The van der Waals surface area contributed by atoms with Gasteiger partial charge in [0.15, 0.2) is 0 Å². The number of hydrogen-bond donors (Lipinski definition) is 2. The molecular weight excluding hydrogens is 256 g/mol. The fraction of sp³-hybridized carbons (Fsp3) is 0.133. The molecule has 0 fully saturated rings. The van der Waals surface area contributed by atoms with Crippen LogP contribution in [-0.2, 0) is 0 Å². The van der Waals surface area contributed by atoms with Crippen LogP contribution in [-0.4, -0.2) is 12.5 Å². The van der Waals surface area contributed by atoms with Gasteiger partial charge in [-0.25, -0.2) is 0 Å². The first-order valence-corrected chi connectivity index (χ1v) is 6.68. The summed E-state index contributed by atoms with van der Waals surface area (Å²) in [4.78, 5) is 13.6. The first-order valence-electron chi connectivity index (χ1n) is 5.86. The Bertz CT molecular complexity index is 649. The Morgan fingerprint density at radius 3 is 2.84 bits per heavy atom. The van der Waals surface area contributed by atoms with E-state index < -0.39 is 0 Å². The van der Waals surface area contributed by atoms with Gasteiger partial charge in [0.05, 0.1) is 16.3 Å². The van der Waals surface area contributed by atoms with Crippen LogP contribution in [0.3, 0.4) is 0 Å². The Hall–Kier alpha value is -2.09. The molecule has 0 saturated carbocycles. The summed E-state index contributed by atoms with van der Waals surface area (Å²) in [5.41, 5.74) is 7.18. The predicted octanol–water partition coefficient (Wildman–Crippen LogP) is 2.62. The fourth-order valence-corrected chi connectivity index (χ4v) is 2.34. The number of amides is 1. The van der Waals surface area contributed by atoms with Gasteiger partial charge in [0.25, 0.3) is 5.91 Å². The molecule has 2 rings (SSSR count). The topological polar surface area (TPSA) is 55.1 Å². The normalized spacial score (nSPS) is 9.58. The minimum Gasteiger partial charge on any atom is -0.321 e. The quantitative estimate of drug-likeness (QED) is 0.824. The number of aryl methyl sites for hydroxylation is 1. The summed E-state index contributed by atoms with van der Waals surface area (Å²) in [6, 6.07) is 11.3. The van der Waals surface area contributed by atoms with Gasteiger partial charge in [0.2, 0.25) is 0 Å². The van der Waals surface area contributed by atoms with Crippen LogP contribution in [0.15, 0.2) is 36.4 Å². The number of carbonyl (C=O) groups is 1. The smallest absolute Gasteiger partial charge is 0.265 e. The second kappa shape index (κ2) is 6.19. The van der Waals surface area contributed by atoms with E-state index in [9.17, 15) is 4.79 Å². The number of benzene rings is 1. The Labute approximate surface area is 116 Å². The van der Waals surface area contributed by atoms with Crippen molar-refractivity contribution in [2.24, 2.45) is 5.73 Å². The van der Waals surface area contributed by atoms with Crippen molar-refractivity contribution in [2.75, 3.05) is 11.9 Å². The monoisotopic (exact) mass is 270 g/mol. The number of nitrogens with one attached hydrogen (secondary N) is 1. The highest BCUT2D eigenvalue weighted by atomic mass is 32.1. The summed E-state index contributed by atoms with van der Waals surface area (Å²) in [7, 11) is 0. The van der Waals surface area contributed by atoms with Crippen LogP contribution in [0.5, 0.6) is 0 Å². The lowest BCUT2D eigenvalue weighted by molar-refractivity contribution is 0.103. The number of anilines is 1. The van der Waals surface area contributed by atoms with E-state index in [1.165, 1.54) is 11.3 Å². The van der Waals surface area contributed by atoms with Crippen molar-refractivity contribution < 1.29 is 4.79 Å². The van der Waals surface area contributed by atoms with Crippen molar-refractivity contribution in [3.8, 4) is 11.8 Å². The van der Waals surface area contributed by atoms with Crippen molar-refractivity contribution in [1.82, 2.24) is 0 Å². The Morgan fingerprint density at radius 2 is 2.11 bits per heavy atom. The van der Waals surface area contributed by atoms with E-state index in [4.69, 9.17) is 5.73 Å². The van der Waals surface area contributed by atoms with Crippen molar-refractivity contribution >= 4 is 22.9 Å². The van der Waals surface area contributed by atoms with E-state index in [1.807, 2.05) is 37.3 Å². The number of para-hydroxylation sites is 1. The minimum absolute atomic E-state index is 0.111. The number of nitrogens with two attached hydrogens (primary N) is 1. The molecule has 96 valence electrons. The summed E-state index contributed by atoms with van der Waals surface area (Å²) in [5.74, 6) is 5.58. The van der Waals surface area contributed by atoms with E-state index >= 15 is 0 Å². The van der Waals surface area contributed by atoms with Gasteiger partial charge in [0, 0.05) is 5.69 Å². The summed E-state index contributed by atoms with van der Waals surface area (Å²) in [6.07, 6.45) is 0. The van der Waals surface area contributed by atoms with Crippen LogP contribution < -0.4 is 11.1 Å². The van der Waals surface area contributed by atoms with Gasteiger partial charge < -0.3 is 11.1 Å². The van der Waals surface area contributed by atoms with Gasteiger partial charge in [-0.2, -0.15) is 0 Å². The summed E-state index contributed by atoms with van der Waals surface area (Å²) < 4.78 is 0. The second-order valence-corrected chi connectivity index (χ2v) is 5.02. The maximum atomic E-state index is 12.1. The molecule has 0 unspecified atom stereocenters. The zero-order valence-electron chi connectivity index (χ0n) is 10.6. The molecule has 3 N–H and O–H groups in total. The zero-order valence-corrected chi connectivity index (χ0v) is 11.4. The molecule has 1 aromatic heterocycles. The first-order chi connectivity index (χ1) is 9.20. The first kappa shape index (κ1) is 13.3. The molecule has 0 radical (unpaired) electrons. The molecule has 0 bridgehead atoms. The van der Waals surface area contributed by atoms with Gasteiger partial charge in [-0.1, -0.05) is 30.0 Å². The third-order valence-corrected chi connectivity index (χ3v) is 3.54. The number of hydrogen-bond acceptors (Lipinski definition) is 3. The zero-order chi connectivity index (χ0) is 13.7. The van der Waals surface area contributed by atoms with E-state index in [0.717, 1.165) is 16.1 Å². The molecule has 1 amide bonds. The third-order valence-electron chi connectivity index (χ3n) is 2.54. The van der Waals surface area contributed by atoms with Gasteiger partial charge in [0.1, 0.15) is 0 Å². The molecule has 0 aliphatic rings. The summed E-state index contributed by atoms with van der Waals surface area (Å²) >= 11 is 1.36. The standard InChI is InChI=1S/C15H14N2OS/c1-11-5-2-3-7-13(11)17-15(18)14-9-8-12(19-14)6-4-10-16/h2-3,5,7-9H,10,16H2,1H3,(H,17,18). The lowest BCUT2D eigenvalue weighted by Gasteiger charge is -2.06. The largest absolute Gasteiger partial charge is 0.321 e. The average Bonchev–Trinajstić information content (AvgIpc) is 2.88. The van der Waals surface area contributed by atoms with Crippen molar-refractivity contribution in [3.63, 3.8) is 0 Å². The highest BCUT2D eigenvalue weighted by molar-refractivity contribution is 7.14. The predicted molar refractivity (Wildman–Crippen MR) is 79.4 cm³/mol. The molecule has 19 heavy (non-hydrogen) atoms. The number of carbonyl (C=O) groups excluding carboxylic acids is 1. The van der Waals surface area contributed by atoms with E-state index in [-0.39, 0.29) is 5.91 Å². The Kier molecular flexibility index (Phi) is 4.35. The third kappa shape index (κ3) is 3.44. The second-order valence-electron chi connectivity index (χ2n) is 3.94. The van der Waals surface area contributed by atoms with Crippen molar-refractivity contribution in [3.05, 3.63) is 51.7 Å². The van der Waals surface area contributed by atoms with Crippen LogP contribution in [0, 0.1) is 18.8 Å². The molecule has 4 heteroatoms. The molecule has 3 nitrogen and oxygen atoms in total. The van der Waals surface area contributed by atoms with E-state index in [0.29, 0.717) is 11.4 Å². The summed E-state index contributed by atoms with van der Waals surface area (Å²) in [5, 5.41) is 2.89. The molecular formula is C15H14N2OS. The molecule has 0 aliphatic heterocycles. The van der Waals surface area contributed by atoms with Crippen molar-refractivity contribution in [2.45, 2.75) is 6.92 Å². The van der Waals surface area contributed by atoms with E-state index in [2.05, 4.69) is 17.2 Å². The summed E-state index contributed by atoms with van der Waals surface area (Å²) in [6.45, 7) is 2.28. The highest BCUT2D eigenvalue weighted by Crippen LogP contribution is 2.19. The lowest BCUT2D eigenvalue weighted by atomic mass is 10.2. The van der Waals surface area contributed by atoms with Crippen LogP contribution >= 0.6 is 11.3 Å². The van der Waals surface area contributed by atoms with E-state index in [1.54, 1.807) is 6.07 Å². The van der Waals surface area contributed by atoms with Gasteiger partial charge >= 0.3 is 0 Å². The van der Waals surface area contributed by atoms with Crippen LogP contribution in [0.2, 0.25) is 0 Å². The molecule has 0 spiro atoms. The van der Waals surface area contributed by atoms with Crippen molar-refractivity contribution in [1.29, 1.82) is 0 Å². The van der Waals surface area contributed by atoms with Crippen LogP contribution in [0.1, 0.15) is 20.1 Å². The highest BCUT2D eigenvalue weighted by Gasteiger charge is 2.09. The van der Waals surface area contributed by atoms with Gasteiger partial charge in [-0.05, 0) is 30.7 Å².